The molecule has 102 valence electrons. The second-order valence-corrected chi connectivity index (χ2v) is 6.27. The molecule has 2 N–H and O–H groups in total. The van der Waals surface area contributed by atoms with Crippen molar-refractivity contribution in [3.63, 3.8) is 0 Å². The van der Waals surface area contributed by atoms with Crippen LogP contribution in [0.1, 0.15) is 41.6 Å². The Morgan fingerprint density at radius 1 is 1.21 bits per heavy atom. The molecule has 0 saturated heterocycles. The van der Waals surface area contributed by atoms with E-state index in [1.165, 1.54) is 4.88 Å². The van der Waals surface area contributed by atoms with Gasteiger partial charge in [-0.25, -0.2) is 0 Å². The lowest BCUT2D eigenvalue weighted by molar-refractivity contribution is -0.137. The van der Waals surface area contributed by atoms with Crippen molar-refractivity contribution in [3.8, 4) is 0 Å². The molecule has 2 aromatic heterocycles. The minimum absolute atomic E-state index is 0.113. The first-order chi connectivity index (χ1) is 9.20. The summed E-state index contributed by atoms with van der Waals surface area (Å²) in [6.45, 7) is 2.11. The number of rotatable bonds is 7. The third kappa shape index (κ3) is 3.89. The standard InChI is InChI=1S/C14H17NO2S2/c1-2-10(12-5-3-7-18-12)15-11(9-14(16)17)13-6-4-8-19-13/h3-8,10-11,15H,2,9H2,1H3,(H,16,17). The van der Waals surface area contributed by atoms with E-state index >= 15 is 0 Å². The SMILES string of the molecule is CCC(NC(CC(=O)O)c1cccs1)c1cccs1. The fourth-order valence-corrected chi connectivity index (χ4v) is 3.70. The fraction of sp³-hybridized carbons (Fsp3) is 0.357. The summed E-state index contributed by atoms with van der Waals surface area (Å²) in [6, 6.07) is 8.17. The molecule has 0 spiro atoms. The normalized spacial score (nSPS) is 14.2. The predicted octanol–water partition coefficient (Wildman–Crippen LogP) is 4.07. The molecule has 0 aromatic carbocycles. The molecule has 19 heavy (non-hydrogen) atoms. The molecule has 2 aromatic rings. The lowest BCUT2D eigenvalue weighted by Crippen LogP contribution is -2.27. The second-order valence-electron chi connectivity index (χ2n) is 4.31. The number of carboxylic acid groups (broad SMARTS) is 1. The lowest BCUT2D eigenvalue weighted by atomic mass is 10.1. The van der Waals surface area contributed by atoms with Gasteiger partial charge in [0.05, 0.1) is 12.5 Å². The minimum Gasteiger partial charge on any atom is -0.481 e. The van der Waals surface area contributed by atoms with Crippen molar-refractivity contribution < 1.29 is 9.90 Å². The third-order valence-electron chi connectivity index (χ3n) is 2.96. The Morgan fingerprint density at radius 2 is 1.79 bits per heavy atom. The van der Waals surface area contributed by atoms with E-state index in [0.717, 1.165) is 11.3 Å². The van der Waals surface area contributed by atoms with Crippen molar-refractivity contribution >= 4 is 28.6 Å². The van der Waals surface area contributed by atoms with Crippen LogP contribution in [-0.2, 0) is 4.79 Å². The average molecular weight is 295 g/mol. The van der Waals surface area contributed by atoms with Gasteiger partial charge in [-0.15, -0.1) is 22.7 Å². The van der Waals surface area contributed by atoms with Crippen LogP contribution in [0.5, 0.6) is 0 Å². The van der Waals surface area contributed by atoms with Gasteiger partial charge in [-0.05, 0) is 29.3 Å². The highest BCUT2D eigenvalue weighted by molar-refractivity contribution is 7.10. The minimum atomic E-state index is -0.771. The molecule has 2 unspecified atom stereocenters. The van der Waals surface area contributed by atoms with Crippen molar-refractivity contribution in [1.29, 1.82) is 0 Å². The molecule has 5 heteroatoms. The summed E-state index contributed by atoms with van der Waals surface area (Å²) < 4.78 is 0. The first-order valence-electron chi connectivity index (χ1n) is 6.25. The average Bonchev–Trinajstić information content (AvgIpc) is 3.05. The van der Waals surface area contributed by atoms with Crippen LogP contribution in [-0.4, -0.2) is 11.1 Å². The van der Waals surface area contributed by atoms with Gasteiger partial charge in [0.15, 0.2) is 0 Å². The highest BCUT2D eigenvalue weighted by atomic mass is 32.1. The molecule has 0 bridgehead atoms. The number of aliphatic carboxylic acids is 1. The van der Waals surface area contributed by atoms with E-state index in [0.29, 0.717) is 0 Å². The van der Waals surface area contributed by atoms with Crippen LogP contribution < -0.4 is 5.32 Å². The highest BCUT2D eigenvalue weighted by Crippen LogP contribution is 2.29. The number of thiophene rings is 2. The number of carboxylic acids is 1. The van der Waals surface area contributed by atoms with Crippen LogP contribution >= 0.6 is 22.7 Å². The van der Waals surface area contributed by atoms with E-state index in [-0.39, 0.29) is 18.5 Å². The molecule has 0 aliphatic carbocycles. The maximum absolute atomic E-state index is 11.0. The summed E-state index contributed by atoms with van der Waals surface area (Å²) in [6.07, 6.45) is 1.06. The summed E-state index contributed by atoms with van der Waals surface area (Å²) in [4.78, 5) is 13.4. The van der Waals surface area contributed by atoms with Crippen LogP contribution in [0.15, 0.2) is 35.0 Å². The van der Waals surface area contributed by atoms with Crippen molar-refractivity contribution in [3.05, 3.63) is 44.8 Å². The van der Waals surface area contributed by atoms with Crippen LogP contribution in [0, 0.1) is 0 Å². The first kappa shape index (κ1) is 14.2. The monoisotopic (exact) mass is 295 g/mol. The van der Waals surface area contributed by atoms with E-state index in [9.17, 15) is 4.79 Å². The topological polar surface area (TPSA) is 49.3 Å². The lowest BCUT2D eigenvalue weighted by Gasteiger charge is -2.22. The molecule has 0 aliphatic rings. The van der Waals surface area contributed by atoms with Gasteiger partial charge in [-0.3, -0.25) is 4.79 Å². The molecule has 2 heterocycles. The van der Waals surface area contributed by atoms with Gasteiger partial charge in [0.25, 0.3) is 0 Å². The Bertz CT molecular complexity index is 494. The van der Waals surface area contributed by atoms with Gasteiger partial charge in [-0.1, -0.05) is 19.1 Å². The number of nitrogens with one attached hydrogen (secondary N) is 1. The van der Waals surface area contributed by atoms with Gasteiger partial charge >= 0.3 is 5.97 Å². The van der Waals surface area contributed by atoms with Crippen LogP contribution in [0.25, 0.3) is 0 Å². The van der Waals surface area contributed by atoms with Crippen molar-refractivity contribution in [2.24, 2.45) is 0 Å². The van der Waals surface area contributed by atoms with Crippen LogP contribution in [0.3, 0.4) is 0 Å². The molecule has 0 amide bonds. The third-order valence-corrected chi connectivity index (χ3v) is 4.93. The molecular formula is C14H17NO2S2. The molecule has 0 radical (unpaired) electrons. The van der Waals surface area contributed by atoms with Crippen molar-refractivity contribution in [2.45, 2.75) is 31.8 Å². The van der Waals surface area contributed by atoms with E-state index in [1.807, 2.05) is 23.6 Å². The quantitative estimate of drug-likeness (QED) is 0.809. The van der Waals surface area contributed by atoms with Crippen LogP contribution in [0.4, 0.5) is 0 Å². The predicted molar refractivity (Wildman–Crippen MR) is 79.8 cm³/mol. The van der Waals surface area contributed by atoms with Gasteiger partial charge in [0.2, 0.25) is 0 Å². The summed E-state index contributed by atoms with van der Waals surface area (Å²) in [5.41, 5.74) is 0. The highest BCUT2D eigenvalue weighted by Gasteiger charge is 2.21. The smallest absolute Gasteiger partial charge is 0.305 e. The maximum atomic E-state index is 11.0. The zero-order valence-corrected chi connectivity index (χ0v) is 12.3. The zero-order chi connectivity index (χ0) is 13.7. The Balaban J connectivity index is 2.13. The molecule has 0 saturated carbocycles. The van der Waals surface area contributed by atoms with Gasteiger partial charge in [0.1, 0.15) is 0 Å². The molecule has 2 atom stereocenters. The van der Waals surface area contributed by atoms with E-state index in [4.69, 9.17) is 5.11 Å². The summed E-state index contributed by atoms with van der Waals surface area (Å²) >= 11 is 3.31. The van der Waals surface area contributed by atoms with Gasteiger partial charge in [0, 0.05) is 15.8 Å². The Hall–Kier alpha value is -1.17. The van der Waals surface area contributed by atoms with E-state index < -0.39 is 5.97 Å². The molecule has 0 aliphatic heterocycles. The van der Waals surface area contributed by atoms with Crippen molar-refractivity contribution in [1.82, 2.24) is 5.32 Å². The van der Waals surface area contributed by atoms with Crippen LogP contribution in [0.2, 0.25) is 0 Å². The van der Waals surface area contributed by atoms with Crippen molar-refractivity contribution in [2.75, 3.05) is 0 Å². The number of hydrogen-bond donors (Lipinski definition) is 2. The number of carbonyl (C=O) groups is 1. The molecule has 0 fully saturated rings. The Morgan fingerprint density at radius 3 is 2.21 bits per heavy atom. The number of hydrogen-bond acceptors (Lipinski definition) is 4. The summed E-state index contributed by atoms with van der Waals surface area (Å²) in [5, 5.41) is 16.6. The zero-order valence-electron chi connectivity index (χ0n) is 10.7. The second kappa shape index (κ2) is 6.84. The fourth-order valence-electron chi connectivity index (χ4n) is 2.04. The molecule has 2 rings (SSSR count). The Kier molecular flexibility index (Phi) is 5.13. The van der Waals surface area contributed by atoms with Gasteiger partial charge < -0.3 is 10.4 Å². The largest absolute Gasteiger partial charge is 0.481 e. The Labute approximate surface area is 120 Å². The molecule has 3 nitrogen and oxygen atoms in total. The van der Waals surface area contributed by atoms with E-state index in [1.54, 1.807) is 22.7 Å². The van der Waals surface area contributed by atoms with E-state index in [2.05, 4.69) is 23.7 Å². The maximum Gasteiger partial charge on any atom is 0.305 e. The summed E-state index contributed by atoms with van der Waals surface area (Å²) in [5.74, 6) is -0.771. The molecular weight excluding hydrogens is 278 g/mol. The first-order valence-corrected chi connectivity index (χ1v) is 8.01. The van der Waals surface area contributed by atoms with Gasteiger partial charge in [-0.2, -0.15) is 0 Å². The summed E-state index contributed by atoms with van der Waals surface area (Å²) in [7, 11) is 0.